The molecule has 20 heavy (non-hydrogen) atoms. The monoisotopic (exact) mass is 272 g/mol. The van der Waals surface area contributed by atoms with Crippen molar-refractivity contribution < 1.29 is 9.53 Å². The van der Waals surface area contributed by atoms with Gasteiger partial charge in [0.25, 0.3) is 5.91 Å². The maximum absolute atomic E-state index is 12.3. The molecule has 1 aromatic carbocycles. The fraction of sp³-hybridized carbons (Fsp3) is 0.286. The number of anilines is 2. The number of hydrogen-bond acceptors (Lipinski definition) is 4. The van der Waals surface area contributed by atoms with E-state index in [-0.39, 0.29) is 5.91 Å². The van der Waals surface area contributed by atoms with E-state index in [0.29, 0.717) is 23.7 Å². The third kappa shape index (κ3) is 2.32. The van der Waals surface area contributed by atoms with E-state index in [4.69, 9.17) is 4.74 Å². The Morgan fingerprint density at radius 3 is 3.20 bits per heavy atom. The summed E-state index contributed by atoms with van der Waals surface area (Å²) in [5, 5.41) is 12.9. The zero-order valence-electron chi connectivity index (χ0n) is 11.2. The Hall–Kier alpha value is -2.50. The highest BCUT2D eigenvalue weighted by Gasteiger charge is 2.19. The Bertz CT molecular complexity index is 636. The van der Waals surface area contributed by atoms with Crippen LogP contribution in [0, 0.1) is 0 Å². The van der Waals surface area contributed by atoms with Crippen LogP contribution in [0.5, 0.6) is 5.75 Å². The number of amides is 1. The highest BCUT2D eigenvalue weighted by Crippen LogP contribution is 2.31. The summed E-state index contributed by atoms with van der Waals surface area (Å²) in [5.74, 6) is 0.899. The van der Waals surface area contributed by atoms with E-state index in [9.17, 15) is 4.79 Å². The fourth-order valence-corrected chi connectivity index (χ4v) is 2.14. The zero-order valence-corrected chi connectivity index (χ0v) is 11.2. The molecule has 3 rings (SSSR count). The molecule has 2 aromatic rings. The molecule has 0 saturated heterocycles. The molecule has 3 N–H and O–H groups in total. The predicted octanol–water partition coefficient (Wildman–Crippen LogP) is 2.03. The van der Waals surface area contributed by atoms with E-state index in [0.717, 1.165) is 24.3 Å². The third-order valence-corrected chi connectivity index (χ3v) is 3.18. The van der Waals surface area contributed by atoms with E-state index in [2.05, 4.69) is 20.8 Å². The van der Waals surface area contributed by atoms with E-state index < -0.39 is 0 Å². The van der Waals surface area contributed by atoms with Crippen molar-refractivity contribution >= 4 is 17.4 Å². The van der Waals surface area contributed by atoms with Crippen LogP contribution in [0.25, 0.3) is 0 Å². The minimum absolute atomic E-state index is 0.222. The third-order valence-electron chi connectivity index (χ3n) is 3.18. The summed E-state index contributed by atoms with van der Waals surface area (Å²) in [5.41, 5.74) is 2.34. The van der Waals surface area contributed by atoms with Gasteiger partial charge in [0.15, 0.2) is 11.6 Å². The largest absolute Gasteiger partial charge is 0.489 e. The average molecular weight is 272 g/mol. The Morgan fingerprint density at radius 2 is 2.40 bits per heavy atom. The topological polar surface area (TPSA) is 79.0 Å². The summed E-state index contributed by atoms with van der Waals surface area (Å²) < 4.78 is 5.59. The van der Waals surface area contributed by atoms with Crippen LogP contribution >= 0.6 is 0 Å². The van der Waals surface area contributed by atoms with Gasteiger partial charge in [-0.15, -0.1) is 0 Å². The molecule has 0 unspecified atom stereocenters. The van der Waals surface area contributed by atoms with Gasteiger partial charge < -0.3 is 15.4 Å². The maximum Gasteiger partial charge on any atom is 0.260 e. The molecule has 1 aliphatic heterocycles. The smallest absolute Gasteiger partial charge is 0.260 e. The number of aromatic nitrogens is 2. The van der Waals surface area contributed by atoms with E-state index >= 15 is 0 Å². The number of aromatic amines is 1. The molecule has 1 aliphatic rings. The predicted molar refractivity (Wildman–Crippen MR) is 76.3 cm³/mol. The van der Waals surface area contributed by atoms with Crippen LogP contribution in [0.1, 0.15) is 23.0 Å². The minimum Gasteiger partial charge on any atom is -0.489 e. The lowest BCUT2D eigenvalue weighted by Crippen LogP contribution is -2.22. The number of carbonyl (C=O) groups is 1. The molecular weight excluding hydrogens is 256 g/mol. The van der Waals surface area contributed by atoms with Crippen molar-refractivity contribution in [3.05, 3.63) is 35.5 Å². The Balaban J connectivity index is 1.83. The van der Waals surface area contributed by atoms with Gasteiger partial charge in [0.2, 0.25) is 0 Å². The summed E-state index contributed by atoms with van der Waals surface area (Å²) in [6.45, 7) is 3.32. The lowest BCUT2D eigenvalue weighted by atomic mass is 10.1. The van der Waals surface area contributed by atoms with Crippen LogP contribution in [-0.2, 0) is 6.42 Å². The molecule has 0 fully saturated rings. The molecule has 0 spiro atoms. The molecule has 0 saturated carbocycles. The lowest BCUT2D eigenvalue weighted by Gasteiger charge is -2.21. The van der Waals surface area contributed by atoms with Crippen molar-refractivity contribution in [1.29, 1.82) is 0 Å². The van der Waals surface area contributed by atoms with Gasteiger partial charge >= 0.3 is 0 Å². The second-order valence-corrected chi connectivity index (χ2v) is 4.54. The summed E-state index contributed by atoms with van der Waals surface area (Å²) >= 11 is 0. The van der Waals surface area contributed by atoms with Gasteiger partial charge in [-0.2, -0.15) is 5.10 Å². The Kier molecular flexibility index (Phi) is 3.28. The van der Waals surface area contributed by atoms with Crippen LogP contribution < -0.4 is 15.4 Å². The number of rotatable bonds is 3. The number of ether oxygens (including phenoxy) is 1. The van der Waals surface area contributed by atoms with Gasteiger partial charge in [-0.1, -0.05) is 13.0 Å². The van der Waals surface area contributed by atoms with Crippen molar-refractivity contribution in [2.24, 2.45) is 0 Å². The van der Waals surface area contributed by atoms with Gasteiger partial charge in [-0.05, 0) is 18.6 Å². The molecule has 1 amide bonds. The minimum atomic E-state index is -0.222. The van der Waals surface area contributed by atoms with Crippen LogP contribution in [0.4, 0.5) is 11.5 Å². The molecule has 0 bridgehead atoms. The van der Waals surface area contributed by atoms with Crippen molar-refractivity contribution in [2.75, 3.05) is 23.8 Å². The van der Waals surface area contributed by atoms with Crippen molar-refractivity contribution in [3.63, 3.8) is 0 Å². The van der Waals surface area contributed by atoms with Crippen molar-refractivity contribution in [3.8, 4) is 5.75 Å². The molecule has 0 atom stereocenters. The molecule has 0 radical (unpaired) electrons. The van der Waals surface area contributed by atoms with Crippen LogP contribution in [-0.4, -0.2) is 29.3 Å². The quantitative estimate of drug-likeness (QED) is 0.798. The maximum atomic E-state index is 12.3. The number of fused-ring (bicyclic) bond motifs is 1. The van der Waals surface area contributed by atoms with Gasteiger partial charge in [-0.25, -0.2) is 0 Å². The van der Waals surface area contributed by atoms with Crippen LogP contribution in [0.3, 0.4) is 0 Å². The first kappa shape index (κ1) is 12.5. The highest BCUT2D eigenvalue weighted by atomic mass is 16.5. The second-order valence-electron chi connectivity index (χ2n) is 4.54. The zero-order chi connectivity index (χ0) is 13.9. The molecule has 6 nitrogen and oxygen atoms in total. The van der Waals surface area contributed by atoms with Crippen molar-refractivity contribution in [2.45, 2.75) is 13.3 Å². The highest BCUT2D eigenvalue weighted by molar-refractivity contribution is 6.07. The fourth-order valence-electron chi connectivity index (χ4n) is 2.14. The Morgan fingerprint density at radius 1 is 1.50 bits per heavy atom. The number of hydrogen-bond donors (Lipinski definition) is 3. The van der Waals surface area contributed by atoms with Crippen LogP contribution in [0.2, 0.25) is 0 Å². The first-order valence-electron chi connectivity index (χ1n) is 6.63. The van der Waals surface area contributed by atoms with Gasteiger partial charge in [-0.3, -0.25) is 9.89 Å². The number of benzene rings is 1. The van der Waals surface area contributed by atoms with Gasteiger partial charge in [0, 0.05) is 18.3 Å². The summed E-state index contributed by atoms with van der Waals surface area (Å²) in [4.78, 5) is 12.3. The summed E-state index contributed by atoms with van der Waals surface area (Å²) in [7, 11) is 0. The first-order valence-corrected chi connectivity index (χ1v) is 6.63. The van der Waals surface area contributed by atoms with Gasteiger partial charge in [0.1, 0.15) is 6.61 Å². The molecule has 0 aliphatic carbocycles. The first-order chi connectivity index (χ1) is 9.78. The second kappa shape index (κ2) is 5.24. The number of aryl methyl sites for hydroxylation is 1. The molecule has 104 valence electrons. The number of nitrogens with zero attached hydrogens (tertiary/aromatic N) is 1. The Labute approximate surface area is 116 Å². The average Bonchev–Trinajstić information content (AvgIpc) is 2.94. The normalized spacial score (nSPS) is 13.1. The molecule has 2 heterocycles. The number of carbonyl (C=O) groups excluding carboxylic acids is 1. The van der Waals surface area contributed by atoms with Crippen molar-refractivity contribution in [1.82, 2.24) is 10.2 Å². The molecule has 6 heteroatoms. The summed E-state index contributed by atoms with van der Waals surface area (Å²) in [6.07, 6.45) is 0.844. The SMILES string of the molecule is CCc1cc(NC(=O)c2cccc3c2OCCN3)n[nH]1. The summed E-state index contributed by atoms with van der Waals surface area (Å²) in [6, 6.07) is 7.30. The lowest BCUT2D eigenvalue weighted by molar-refractivity contribution is 0.102. The number of H-pyrrole nitrogens is 1. The number of para-hydroxylation sites is 1. The van der Waals surface area contributed by atoms with Gasteiger partial charge in [0.05, 0.1) is 11.3 Å². The standard InChI is InChI=1S/C14H16N4O2/c1-2-9-8-12(18-17-9)16-14(19)10-4-3-5-11-13(10)20-7-6-15-11/h3-5,8,15H,2,6-7H2,1H3,(H2,16,17,18,19). The van der Waals surface area contributed by atoms with E-state index in [1.807, 2.05) is 25.1 Å². The van der Waals surface area contributed by atoms with Crippen LogP contribution in [0.15, 0.2) is 24.3 Å². The number of nitrogens with one attached hydrogen (secondary N) is 3. The molecule has 1 aromatic heterocycles. The molecular formula is C14H16N4O2. The van der Waals surface area contributed by atoms with E-state index in [1.54, 1.807) is 6.07 Å². The van der Waals surface area contributed by atoms with E-state index in [1.165, 1.54) is 0 Å².